The van der Waals surface area contributed by atoms with Crippen LogP contribution in [0.5, 0.6) is 5.75 Å². The molecule has 1 atom stereocenters. The van der Waals surface area contributed by atoms with Crippen LogP contribution in [-0.4, -0.2) is 19.7 Å². The molecule has 0 amide bonds. The Hall–Kier alpha value is -1.02. The van der Waals surface area contributed by atoms with Crippen molar-refractivity contribution >= 4 is 0 Å². The highest BCUT2D eigenvalue weighted by atomic mass is 16.5. The van der Waals surface area contributed by atoms with Gasteiger partial charge in [0.25, 0.3) is 0 Å². The molecule has 1 aromatic carbocycles. The van der Waals surface area contributed by atoms with E-state index in [1.54, 1.807) is 7.11 Å². The molecule has 0 spiro atoms. The third-order valence-corrected chi connectivity index (χ3v) is 4.11. The molecule has 2 heteroatoms. The van der Waals surface area contributed by atoms with Crippen molar-refractivity contribution in [2.45, 2.75) is 58.4 Å². The van der Waals surface area contributed by atoms with Gasteiger partial charge < -0.3 is 10.1 Å². The van der Waals surface area contributed by atoms with Crippen molar-refractivity contribution in [3.8, 4) is 5.75 Å². The van der Waals surface area contributed by atoms with Crippen LogP contribution in [0.2, 0.25) is 0 Å². The predicted octanol–water partition coefficient (Wildman–Crippen LogP) is 3.68. The lowest BCUT2D eigenvalue weighted by Crippen LogP contribution is -2.23. The van der Waals surface area contributed by atoms with Gasteiger partial charge in [-0.2, -0.15) is 0 Å². The van der Waals surface area contributed by atoms with Gasteiger partial charge in [0.2, 0.25) is 0 Å². The minimum atomic E-state index is 0.511. The van der Waals surface area contributed by atoms with Gasteiger partial charge in [0.1, 0.15) is 5.75 Å². The molecular formula is C17H27NO. The Morgan fingerprint density at radius 1 is 1.37 bits per heavy atom. The smallest absolute Gasteiger partial charge is 0.125 e. The van der Waals surface area contributed by atoms with Crippen LogP contribution in [0.3, 0.4) is 0 Å². The molecule has 0 radical (unpaired) electrons. The fourth-order valence-corrected chi connectivity index (χ4v) is 3.06. The topological polar surface area (TPSA) is 21.3 Å². The summed E-state index contributed by atoms with van der Waals surface area (Å²) in [6.45, 7) is 7.88. The highest BCUT2D eigenvalue weighted by molar-refractivity contribution is 5.46. The van der Waals surface area contributed by atoms with Gasteiger partial charge in [0.05, 0.1) is 7.11 Å². The predicted molar refractivity (Wildman–Crippen MR) is 81.2 cm³/mol. The first-order valence-electron chi connectivity index (χ1n) is 7.58. The average Bonchev–Trinajstić information content (AvgIpc) is 2.90. The van der Waals surface area contributed by atoms with Gasteiger partial charge in [-0.25, -0.2) is 0 Å². The number of benzene rings is 1. The van der Waals surface area contributed by atoms with Crippen molar-refractivity contribution in [3.63, 3.8) is 0 Å². The molecule has 0 saturated carbocycles. The van der Waals surface area contributed by atoms with Gasteiger partial charge >= 0.3 is 0 Å². The molecule has 2 nitrogen and oxygen atoms in total. The largest absolute Gasteiger partial charge is 0.496 e. The van der Waals surface area contributed by atoms with E-state index < -0.39 is 0 Å². The number of methoxy groups -OCH3 is 1. The van der Waals surface area contributed by atoms with Crippen molar-refractivity contribution in [1.29, 1.82) is 0 Å². The summed E-state index contributed by atoms with van der Waals surface area (Å²) in [5, 5.41) is 3.59. The van der Waals surface area contributed by atoms with Crippen LogP contribution in [0.15, 0.2) is 12.1 Å². The van der Waals surface area contributed by atoms with Crippen molar-refractivity contribution in [1.82, 2.24) is 5.32 Å². The Kier molecular flexibility index (Phi) is 4.87. The Labute approximate surface area is 117 Å². The maximum Gasteiger partial charge on any atom is 0.125 e. The number of hydrogen-bond acceptors (Lipinski definition) is 2. The zero-order valence-corrected chi connectivity index (χ0v) is 12.8. The first kappa shape index (κ1) is 14.4. The minimum Gasteiger partial charge on any atom is -0.496 e. The molecule has 1 N–H and O–H groups in total. The summed E-state index contributed by atoms with van der Waals surface area (Å²) in [6, 6.07) is 5.35. The summed E-state index contributed by atoms with van der Waals surface area (Å²) < 4.78 is 5.64. The van der Waals surface area contributed by atoms with E-state index >= 15 is 0 Å². The molecule has 0 aliphatic carbocycles. The number of aryl methyl sites for hydroxylation is 1. The Morgan fingerprint density at radius 2 is 2.16 bits per heavy atom. The molecule has 1 saturated heterocycles. The molecule has 0 aromatic heterocycles. The summed E-state index contributed by atoms with van der Waals surface area (Å²) in [4.78, 5) is 0. The fraction of sp³-hybridized carbons (Fsp3) is 0.647. The zero-order valence-electron chi connectivity index (χ0n) is 12.8. The second-order valence-electron chi connectivity index (χ2n) is 5.88. The Balaban J connectivity index is 2.30. The summed E-state index contributed by atoms with van der Waals surface area (Å²) in [5.41, 5.74) is 4.16. The lowest BCUT2D eigenvalue weighted by atomic mass is 9.92. The summed E-state index contributed by atoms with van der Waals surface area (Å²) in [6.07, 6.45) is 4.81. The van der Waals surface area contributed by atoms with Crippen molar-refractivity contribution in [2.24, 2.45) is 0 Å². The second-order valence-corrected chi connectivity index (χ2v) is 5.88. The molecule has 106 valence electrons. The SMILES string of the molecule is CCc1cc(CC2CCCN2)cc(C(C)C)c1OC. The zero-order chi connectivity index (χ0) is 13.8. The molecule has 1 aliphatic heterocycles. The third kappa shape index (κ3) is 3.30. The molecule has 1 aliphatic rings. The molecule has 1 unspecified atom stereocenters. The highest BCUT2D eigenvalue weighted by Crippen LogP contribution is 2.32. The molecular weight excluding hydrogens is 234 g/mol. The van der Waals surface area contributed by atoms with Gasteiger partial charge in [0.15, 0.2) is 0 Å². The first-order chi connectivity index (χ1) is 9.15. The molecule has 1 heterocycles. The van der Waals surface area contributed by atoms with Gasteiger partial charge in [-0.1, -0.05) is 32.9 Å². The normalized spacial score (nSPS) is 19.1. The Morgan fingerprint density at radius 3 is 2.68 bits per heavy atom. The van der Waals surface area contributed by atoms with Crippen LogP contribution < -0.4 is 10.1 Å². The van der Waals surface area contributed by atoms with Crippen LogP contribution in [0.4, 0.5) is 0 Å². The highest BCUT2D eigenvalue weighted by Gasteiger charge is 2.18. The molecule has 1 aromatic rings. The van der Waals surface area contributed by atoms with Crippen molar-refractivity contribution in [3.05, 3.63) is 28.8 Å². The standard InChI is InChI=1S/C17H27NO/c1-5-14-9-13(10-15-7-6-8-18-15)11-16(12(2)3)17(14)19-4/h9,11-12,15,18H,5-8,10H2,1-4H3. The van der Waals surface area contributed by atoms with Crippen LogP contribution in [0, 0.1) is 0 Å². The van der Waals surface area contributed by atoms with E-state index in [-0.39, 0.29) is 0 Å². The van der Waals surface area contributed by atoms with Crippen LogP contribution in [-0.2, 0) is 12.8 Å². The minimum absolute atomic E-state index is 0.511. The van der Waals surface area contributed by atoms with Gasteiger partial charge in [-0.15, -0.1) is 0 Å². The fourth-order valence-electron chi connectivity index (χ4n) is 3.06. The van der Waals surface area contributed by atoms with E-state index in [1.165, 1.54) is 36.1 Å². The van der Waals surface area contributed by atoms with Crippen LogP contribution in [0.25, 0.3) is 0 Å². The summed E-state index contributed by atoms with van der Waals surface area (Å²) >= 11 is 0. The molecule has 19 heavy (non-hydrogen) atoms. The summed E-state index contributed by atoms with van der Waals surface area (Å²) in [7, 11) is 1.79. The number of rotatable bonds is 5. The van der Waals surface area contributed by atoms with E-state index in [2.05, 4.69) is 38.2 Å². The maximum absolute atomic E-state index is 5.64. The Bertz CT molecular complexity index is 420. The third-order valence-electron chi connectivity index (χ3n) is 4.11. The molecule has 2 rings (SSSR count). The van der Waals surface area contributed by atoms with E-state index in [0.717, 1.165) is 18.6 Å². The number of hydrogen-bond donors (Lipinski definition) is 1. The van der Waals surface area contributed by atoms with Gasteiger partial charge in [0, 0.05) is 6.04 Å². The van der Waals surface area contributed by atoms with E-state index in [9.17, 15) is 0 Å². The second kappa shape index (κ2) is 6.42. The lowest BCUT2D eigenvalue weighted by molar-refractivity contribution is 0.402. The summed E-state index contributed by atoms with van der Waals surface area (Å²) in [5.74, 6) is 1.61. The van der Waals surface area contributed by atoms with Crippen molar-refractivity contribution < 1.29 is 4.74 Å². The van der Waals surface area contributed by atoms with Crippen LogP contribution in [0.1, 0.15) is 56.2 Å². The van der Waals surface area contributed by atoms with Gasteiger partial charge in [-0.3, -0.25) is 0 Å². The molecule has 1 fully saturated rings. The van der Waals surface area contributed by atoms with Gasteiger partial charge in [-0.05, 0) is 54.8 Å². The first-order valence-corrected chi connectivity index (χ1v) is 7.58. The average molecular weight is 261 g/mol. The van der Waals surface area contributed by atoms with E-state index in [4.69, 9.17) is 4.74 Å². The van der Waals surface area contributed by atoms with E-state index in [1.807, 2.05) is 0 Å². The maximum atomic E-state index is 5.64. The lowest BCUT2D eigenvalue weighted by Gasteiger charge is -2.19. The van der Waals surface area contributed by atoms with Crippen LogP contribution >= 0.6 is 0 Å². The van der Waals surface area contributed by atoms with Crippen molar-refractivity contribution in [2.75, 3.05) is 13.7 Å². The number of ether oxygens (including phenoxy) is 1. The monoisotopic (exact) mass is 261 g/mol. The number of nitrogens with one attached hydrogen (secondary N) is 1. The van der Waals surface area contributed by atoms with E-state index in [0.29, 0.717) is 12.0 Å². The molecule has 0 bridgehead atoms. The quantitative estimate of drug-likeness (QED) is 0.873.